The normalized spacial score (nSPS) is 15.0. The fourth-order valence-electron chi connectivity index (χ4n) is 8.40. The smallest absolute Gasteiger partial charge is 0.322 e. The second-order valence-corrected chi connectivity index (χ2v) is 27.7. The van der Waals surface area contributed by atoms with Crippen LogP contribution in [-0.4, -0.2) is 126 Å². The number of sulfonamides is 3. The number of carbonyl (C=O) groups is 3. The summed E-state index contributed by atoms with van der Waals surface area (Å²) in [4.78, 5) is 39.4. The van der Waals surface area contributed by atoms with Gasteiger partial charge in [-0.3, -0.25) is 30.3 Å². The minimum absolute atomic E-state index is 0.0164. The standard InChI is InChI=1S/C19H20N4O4S2.C18H18N4O3S3.C17H15FN4O4S/c1-13-5-2-3-11-23(13)29(25,26)15-9-7-14(8-10-15)17(24)20-19-22-21-18(27-19)16-6-4-12-28-16;23-16(19-18-21-20-17(27-18)15-5-4-12-26-15)13-6-8-14(9-7-13)28(24,25)22-10-2-1-3-11-22;1-22(2)27(24,25)14-9-5-11(6-10-14)15(23)19-17-21-20-16(26-17)12-3-7-13(18)8-4-12/h4,6-10,12-13H,2-3,5,11H2,1H3,(H,20,22,24);4-9,12H,1-3,10-11H2,(H,19,21,23);3-10H,1-2H3,(H,19,21,23). The summed E-state index contributed by atoms with van der Waals surface area (Å²) in [5.41, 5.74) is 1.38. The van der Waals surface area contributed by atoms with Crippen LogP contribution in [0, 0.1) is 5.82 Å². The first-order valence-electron chi connectivity index (χ1n) is 25.8. The number of piperidine rings is 2. The van der Waals surface area contributed by atoms with Crippen molar-refractivity contribution in [3.63, 3.8) is 0 Å². The molecule has 30 heteroatoms. The maximum absolute atomic E-state index is 12.9. The van der Waals surface area contributed by atoms with E-state index in [2.05, 4.69) is 46.5 Å². The number of benzene rings is 4. The van der Waals surface area contributed by atoms with Crippen molar-refractivity contribution in [3.8, 4) is 32.1 Å². The molecule has 1 unspecified atom stereocenters. The fourth-order valence-corrected chi connectivity index (χ4v) is 14.7. The number of amides is 3. The zero-order valence-electron chi connectivity index (χ0n) is 45.0. The van der Waals surface area contributed by atoms with Gasteiger partial charge in [0, 0.05) is 62.0 Å². The summed E-state index contributed by atoms with van der Waals surface area (Å²) in [5, 5.41) is 36.0. The highest BCUT2D eigenvalue weighted by Crippen LogP contribution is 2.31. The van der Waals surface area contributed by atoms with Gasteiger partial charge in [0.05, 0.1) is 24.4 Å². The molecule has 1 atom stereocenters. The highest BCUT2D eigenvalue weighted by atomic mass is 32.2. The van der Waals surface area contributed by atoms with Gasteiger partial charge in [0.2, 0.25) is 41.1 Å². The number of thiophene rings is 2. The first-order valence-corrected chi connectivity index (χ1v) is 32.7. The number of hydrogen-bond acceptors (Lipinski definition) is 20. The Morgan fingerprint density at radius 2 is 1.06 bits per heavy atom. The van der Waals surface area contributed by atoms with Gasteiger partial charge < -0.3 is 8.83 Å². The third-order valence-electron chi connectivity index (χ3n) is 12.9. The van der Waals surface area contributed by atoms with Gasteiger partial charge in [0.25, 0.3) is 23.6 Å². The Morgan fingerprint density at radius 3 is 1.60 bits per heavy atom. The van der Waals surface area contributed by atoms with Crippen molar-refractivity contribution < 1.29 is 52.9 Å². The van der Waals surface area contributed by atoms with Crippen LogP contribution in [0.1, 0.15) is 76.5 Å². The summed E-state index contributed by atoms with van der Waals surface area (Å²) in [7, 11) is -7.81. The number of nitrogens with zero attached hydrogens (tertiary/aromatic N) is 9. The lowest BCUT2D eigenvalue weighted by atomic mass is 10.1. The number of carbonyl (C=O) groups excluding carboxylic acids is 3. The SMILES string of the molecule is CC1CCCCN1S(=O)(=O)c1ccc(C(=O)Nc2nnc(-c3cccs3)o2)cc1.CN(C)S(=O)(=O)c1ccc(C(=O)Nc2nnc(-c3ccc(F)cc3)o2)cc1.O=C(Nc1nnc(-c2cccs2)s1)c1ccc(S(=O)(=O)N2CCCCC2)cc1. The van der Waals surface area contributed by atoms with E-state index in [-0.39, 0.29) is 50.1 Å². The second-order valence-electron chi connectivity index (χ2n) is 18.8. The van der Waals surface area contributed by atoms with E-state index in [0.717, 1.165) is 57.6 Å². The Morgan fingerprint density at radius 1 is 0.560 bits per heavy atom. The highest BCUT2D eigenvalue weighted by Gasteiger charge is 2.31. The third-order valence-corrected chi connectivity index (χ3v) is 21.4. The molecule has 2 aliphatic rings. The number of halogens is 1. The summed E-state index contributed by atoms with van der Waals surface area (Å²) in [5.74, 6) is -1.30. The van der Waals surface area contributed by atoms with Gasteiger partial charge in [0.1, 0.15) is 5.82 Å². The van der Waals surface area contributed by atoms with Crippen LogP contribution in [0.25, 0.3) is 32.1 Å². The number of hydrogen-bond donors (Lipinski definition) is 3. The Balaban J connectivity index is 0.000000151. The second kappa shape index (κ2) is 26.8. The van der Waals surface area contributed by atoms with Crippen LogP contribution in [0.4, 0.5) is 21.6 Å². The molecule has 3 amide bonds. The summed E-state index contributed by atoms with van der Waals surface area (Å²) >= 11 is 4.30. The van der Waals surface area contributed by atoms with E-state index in [1.54, 1.807) is 11.3 Å². The Kier molecular flexibility index (Phi) is 19.4. The number of aromatic nitrogens is 6. The number of anilines is 3. The molecule has 0 aliphatic carbocycles. The predicted octanol–water partition coefficient (Wildman–Crippen LogP) is 9.69. The van der Waals surface area contributed by atoms with Crippen LogP contribution < -0.4 is 16.0 Å². The van der Waals surface area contributed by atoms with Crippen molar-refractivity contribution in [1.29, 1.82) is 0 Å². The third kappa shape index (κ3) is 14.7. The van der Waals surface area contributed by atoms with Crippen molar-refractivity contribution >= 4 is 99.0 Å². The fraction of sp³-hybridized carbons (Fsp3) is 0.241. The first kappa shape index (κ1) is 60.8. The summed E-state index contributed by atoms with van der Waals surface area (Å²) in [6.45, 7) is 3.55. The van der Waals surface area contributed by atoms with Crippen LogP contribution in [0.3, 0.4) is 0 Å². The average molecular weight is 1260 g/mol. The Bertz CT molecular complexity index is 4040. The first-order chi connectivity index (χ1) is 40.3. The molecule has 0 saturated carbocycles. The zero-order valence-corrected chi connectivity index (χ0v) is 49.9. The summed E-state index contributed by atoms with van der Waals surface area (Å²) < 4.78 is 103. The molecule has 2 aliphatic heterocycles. The van der Waals surface area contributed by atoms with Gasteiger partial charge in [-0.05, 0) is 153 Å². The van der Waals surface area contributed by atoms with Crippen LogP contribution >= 0.6 is 34.0 Å². The van der Waals surface area contributed by atoms with Gasteiger partial charge >= 0.3 is 12.0 Å². The van der Waals surface area contributed by atoms with E-state index >= 15 is 0 Å². The minimum Gasteiger partial charge on any atom is -0.403 e. The van der Waals surface area contributed by atoms with E-state index < -0.39 is 47.7 Å². The molecule has 2 saturated heterocycles. The van der Waals surface area contributed by atoms with Crippen LogP contribution in [0.2, 0.25) is 0 Å². The number of rotatable bonds is 15. The molecule has 23 nitrogen and oxygen atoms in total. The molecule has 4 aromatic carbocycles. The lowest BCUT2D eigenvalue weighted by molar-refractivity contribution is 0.101. The van der Waals surface area contributed by atoms with Crippen molar-refractivity contribution in [2.24, 2.45) is 0 Å². The largest absolute Gasteiger partial charge is 0.403 e. The molecule has 5 aromatic heterocycles. The van der Waals surface area contributed by atoms with E-state index in [9.17, 15) is 44.0 Å². The quantitative estimate of drug-likeness (QED) is 0.0860. The Labute approximate surface area is 494 Å². The van der Waals surface area contributed by atoms with E-state index in [4.69, 9.17) is 8.83 Å². The molecule has 0 spiro atoms. The van der Waals surface area contributed by atoms with Gasteiger partial charge in [-0.1, -0.05) is 46.5 Å². The molecule has 11 rings (SSSR count). The summed E-state index contributed by atoms with van der Waals surface area (Å²) in [6, 6.07) is 30.1. The molecular formula is C54H53FN12O11S6. The van der Waals surface area contributed by atoms with Crippen LogP contribution in [0.15, 0.2) is 156 Å². The molecule has 84 heavy (non-hydrogen) atoms. The van der Waals surface area contributed by atoms with Crippen LogP contribution in [-0.2, 0) is 30.1 Å². The molecule has 3 N–H and O–H groups in total. The number of nitrogens with one attached hydrogen (secondary N) is 3. The monoisotopic (exact) mass is 1260 g/mol. The van der Waals surface area contributed by atoms with Crippen LogP contribution in [0.5, 0.6) is 0 Å². The summed E-state index contributed by atoms with van der Waals surface area (Å²) in [6.07, 6.45) is 5.59. The predicted molar refractivity (Wildman–Crippen MR) is 314 cm³/mol. The van der Waals surface area contributed by atoms with Crippen molar-refractivity contribution in [1.82, 2.24) is 43.5 Å². The van der Waals surface area contributed by atoms with Gasteiger partial charge in [0.15, 0.2) is 5.01 Å². The van der Waals surface area contributed by atoms with Gasteiger partial charge in [-0.25, -0.2) is 33.9 Å². The van der Waals surface area contributed by atoms with Gasteiger partial charge in [-0.15, -0.1) is 43.1 Å². The maximum Gasteiger partial charge on any atom is 0.322 e. The maximum atomic E-state index is 12.9. The lowest BCUT2D eigenvalue weighted by Crippen LogP contribution is -2.41. The van der Waals surface area contributed by atoms with E-state index in [0.29, 0.717) is 47.3 Å². The molecule has 2 fully saturated rings. The molecule has 438 valence electrons. The molecule has 7 heterocycles. The minimum atomic E-state index is -3.57. The van der Waals surface area contributed by atoms with Gasteiger partial charge in [-0.2, -0.15) is 8.61 Å². The topological polar surface area (TPSA) is 303 Å². The molecular weight excluding hydrogens is 1200 g/mol. The average Bonchev–Trinajstić information content (AvgIpc) is 3.04. The molecule has 9 aromatic rings. The molecule has 0 bridgehead atoms. The Hall–Kier alpha value is -7.81. The van der Waals surface area contributed by atoms with Crippen molar-refractivity contribution in [2.75, 3.05) is 49.7 Å². The highest BCUT2D eigenvalue weighted by molar-refractivity contribution is 7.89. The van der Waals surface area contributed by atoms with E-state index in [1.807, 2.05) is 41.9 Å². The van der Waals surface area contributed by atoms with Crippen molar-refractivity contribution in [3.05, 3.63) is 155 Å². The van der Waals surface area contributed by atoms with Crippen molar-refractivity contribution in [2.45, 2.75) is 66.2 Å². The lowest BCUT2D eigenvalue weighted by Gasteiger charge is -2.32. The van der Waals surface area contributed by atoms with E-state index in [1.165, 1.54) is 142 Å². The molecule has 0 radical (unpaired) electrons. The zero-order chi connectivity index (χ0) is 59.6.